The highest BCUT2D eigenvalue weighted by Gasteiger charge is 2.35. The van der Waals surface area contributed by atoms with Gasteiger partial charge >= 0.3 is 0 Å². The van der Waals surface area contributed by atoms with E-state index in [4.69, 9.17) is 9.47 Å². The molecule has 3 amide bonds. The molecule has 2 aliphatic rings. The first kappa shape index (κ1) is 25.7. The van der Waals surface area contributed by atoms with Crippen LogP contribution in [-0.2, 0) is 19.1 Å². The van der Waals surface area contributed by atoms with Gasteiger partial charge in [0.1, 0.15) is 5.75 Å². The van der Waals surface area contributed by atoms with Gasteiger partial charge in [-0.1, -0.05) is 6.07 Å². The molecule has 9 heteroatoms. The van der Waals surface area contributed by atoms with Crippen molar-refractivity contribution in [2.75, 3.05) is 62.8 Å². The van der Waals surface area contributed by atoms with E-state index in [1.165, 1.54) is 0 Å². The Hall–Kier alpha value is -3.43. The number of benzene rings is 2. The van der Waals surface area contributed by atoms with Gasteiger partial charge in [-0.3, -0.25) is 19.3 Å². The summed E-state index contributed by atoms with van der Waals surface area (Å²) in [7, 11) is 0. The van der Waals surface area contributed by atoms with E-state index in [-0.39, 0.29) is 36.7 Å². The van der Waals surface area contributed by atoms with Crippen molar-refractivity contribution in [3.63, 3.8) is 0 Å². The number of hydrogen-bond donors (Lipinski definition) is 2. The first-order chi connectivity index (χ1) is 17.4. The number of ether oxygens (including phenoxy) is 2. The van der Waals surface area contributed by atoms with Crippen LogP contribution in [0, 0.1) is 19.8 Å². The Labute approximate surface area is 211 Å². The number of hydrogen-bond acceptors (Lipinski definition) is 6. The maximum absolute atomic E-state index is 12.6. The van der Waals surface area contributed by atoms with Gasteiger partial charge < -0.3 is 25.0 Å². The van der Waals surface area contributed by atoms with Gasteiger partial charge in [-0.2, -0.15) is 0 Å². The maximum atomic E-state index is 12.6. The molecule has 4 rings (SSSR count). The van der Waals surface area contributed by atoms with Crippen molar-refractivity contribution in [2.24, 2.45) is 5.92 Å². The van der Waals surface area contributed by atoms with Crippen molar-refractivity contribution in [2.45, 2.75) is 20.3 Å². The van der Waals surface area contributed by atoms with Gasteiger partial charge in [0.2, 0.25) is 11.8 Å². The Morgan fingerprint density at radius 3 is 2.44 bits per heavy atom. The number of carbonyl (C=O) groups excluding carboxylic acids is 3. The predicted octanol–water partition coefficient (Wildman–Crippen LogP) is 2.12. The molecule has 36 heavy (non-hydrogen) atoms. The summed E-state index contributed by atoms with van der Waals surface area (Å²) in [6.07, 6.45) is 0.195. The molecule has 0 radical (unpaired) electrons. The maximum Gasteiger partial charge on any atom is 0.262 e. The number of anilines is 2. The van der Waals surface area contributed by atoms with E-state index >= 15 is 0 Å². The largest absolute Gasteiger partial charge is 0.484 e. The fraction of sp³-hybridized carbons (Fsp3) is 0.444. The Bertz CT molecular complexity index is 1060. The summed E-state index contributed by atoms with van der Waals surface area (Å²) in [4.78, 5) is 41.3. The molecule has 0 bridgehead atoms. The molecule has 0 unspecified atom stereocenters. The number of rotatable bonds is 9. The monoisotopic (exact) mass is 494 g/mol. The van der Waals surface area contributed by atoms with Crippen LogP contribution in [0.5, 0.6) is 5.75 Å². The molecule has 2 aliphatic heterocycles. The molecule has 2 fully saturated rings. The van der Waals surface area contributed by atoms with Crippen LogP contribution in [0.4, 0.5) is 11.4 Å². The third-order valence-electron chi connectivity index (χ3n) is 6.35. The van der Waals surface area contributed by atoms with Crippen LogP contribution in [0.2, 0.25) is 0 Å². The quantitative estimate of drug-likeness (QED) is 0.554. The molecule has 0 saturated carbocycles. The van der Waals surface area contributed by atoms with Gasteiger partial charge in [0.15, 0.2) is 6.61 Å². The van der Waals surface area contributed by atoms with Crippen LogP contribution in [0.15, 0.2) is 42.5 Å². The average molecular weight is 495 g/mol. The van der Waals surface area contributed by atoms with Gasteiger partial charge in [-0.15, -0.1) is 0 Å². The average Bonchev–Trinajstić information content (AvgIpc) is 3.25. The van der Waals surface area contributed by atoms with E-state index in [1.54, 1.807) is 29.2 Å². The number of morpholine rings is 1. The lowest BCUT2D eigenvalue weighted by molar-refractivity contribution is -0.126. The molecule has 192 valence electrons. The van der Waals surface area contributed by atoms with Crippen molar-refractivity contribution in [1.82, 2.24) is 10.2 Å². The summed E-state index contributed by atoms with van der Waals surface area (Å²) in [6, 6.07) is 12.8. The fourth-order valence-electron chi connectivity index (χ4n) is 4.55. The first-order valence-corrected chi connectivity index (χ1v) is 12.4. The number of nitrogens with one attached hydrogen (secondary N) is 2. The Morgan fingerprint density at radius 2 is 1.75 bits per heavy atom. The molecule has 9 nitrogen and oxygen atoms in total. The van der Waals surface area contributed by atoms with E-state index in [1.807, 2.05) is 32.0 Å². The summed E-state index contributed by atoms with van der Waals surface area (Å²) in [5, 5.41) is 5.81. The molecule has 2 N–H and O–H groups in total. The Kier molecular flexibility index (Phi) is 8.56. The molecule has 0 aliphatic carbocycles. The Morgan fingerprint density at radius 1 is 1.06 bits per heavy atom. The van der Waals surface area contributed by atoms with Crippen LogP contribution in [0.25, 0.3) is 0 Å². The lowest BCUT2D eigenvalue weighted by Gasteiger charge is -2.26. The topological polar surface area (TPSA) is 100 Å². The fourth-order valence-corrected chi connectivity index (χ4v) is 4.55. The highest BCUT2D eigenvalue weighted by atomic mass is 16.5. The second kappa shape index (κ2) is 12.0. The van der Waals surface area contributed by atoms with Gasteiger partial charge in [0.05, 0.1) is 19.1 Å². The third kappa shape index (κ3) is 7.05. The predicted molar refractivity (Wildman–Crippen MR) is 137 cm³/mol. The SMILES string of the molecule is Cc1cc(C)cc(NC(=O)COc2ccc(N3C[C@@H](C(=O)NCCN4CCOCC4)CC3=O)cc2)c1. The van der Waals surface area contributed by atoms with Crippen molar-refractivity contribution < 1.29 is 23.9 Å². The first-order valence-electron chi connectivity index (χ1n) is 12.4. The molecule has 0 aromatic heterocycles. The number of amides is 3. The van der Waals surface area contributed by atoms with Crippen LogP contribution < -0.4 is 20.3 Å². The van der Waals surface area contributed by atoms with Crippen molar-refractivity contribution in [3.05, 3.63) is 53.6 Å². The summed E-state index contributed by atoms with van der Waals surface area (Å²) in [6.45, 7) is 8.73. The highest BCUT2D eigenvalue weighted by Crippen LogP contribution is 2.27. The smallest absolute Gasteiger partial charge is 0.262 e. The zero-order chi connectivity index (χ0) is 25.5. The molecular formula is C27H34N4O5. The van der Waals surface area contributed by atoms with Crippen molar-refractivity contribution >= 4 is 29.1 Å². The second-order valence-electron chi connectivity index (χ2n) is 9.36. The minimum Gasteiger partial charge on any atom is -0.484 e. The summed E-state index contributed by atoms with van der Waals surface area (Å²) < 4.78 is 10.9. The minimum atomic E-state index is -0.368. The van der Waals surface area contributed by atoms with E-state index in [2.05, 4.69) is 15.5 Å². The molecular weight excluding hydrogens is 460 g/mol. The molecule has 2 heterocycles. The van der Waals surface area contributed by atoms with E-state index in [0.717, 1.165) is 49.7 Å². The third-order valence-corrected chi connectivity index (χ3v) is 6.35. The van der Waals surface area contributed by atoms with Gasteiger partial charge in [-0.25, -0.2) is 0 Å². The summed E-state index contributed by atoms with van der Waals surface area (Å²) in [5.41, 5.74) is 3.59. The van der Waals surface area contributed by atoms with Gasteiger partial charge in [-0.05, 0) is 61.4 Å². The van der Waals surface area contributed by atoms with Crippen LogP contribution in [0.3, 0.4) is 0 Å². The number of aryl methyl sites for hydroxylation is 2. The van der Waals surface area contributed by atoms with E-state index in [0.29, 0.717) is 24.5 Å². The highest BCUT2D eigenvalue weighted by molar-refractivity contribution is 6.00. The van der Waals surface area contributed by atoms with Crippen LogP contribution >= 0.6 is 0 Å². The normalized spacial score (nSPS) is 18.2. The number of carbonyl (C=O) groups is 3. The van der Waals surface area contributed by atoms with E-state index < -0.39 is 0 Å². The summed E-state index contributed by atoms with van der Waals surface area (Å²) >= 11 is 0. The molecule has 2 saturated heterocycles. The molecule has 2 aromatic carbocycles. The van der Waals surface area contributed by atoms with Crippen LogP contribution in [0.1, 0.15) is 17.5 Å². The zero-order valence-electron chi connectivity index (χ0n) is 20.9. The molecule has 0 spiro atoms. The summed E-state index contributed by atoms with van der Waals surface area (Å²) in [5.74, 6) is -0.259. The number of nitrogens with zero attached hydrogens (tertiary/aromatic N) is 2. The molecule has 2 aromatic rings. The second-order valence-corrected chi connectivity index (χ2v) is 9.36. The zero-order valence-corrected chi connectivity index (χ0v) is 20.9. The van der Waals surface area contributed by atoms with E-state index in [9.17, 15) is 14.4 Å². The van der Waals surface area contributed by atoms with Gasteiger partial charge in [0.25, 0.3) is 5.91 Å². The Balaban J connectivity index is 1.22. The van der Waals surface area contributed by atoms with Crippen LogP contribution in [-0.4, -0.2) is 75.2 Å². The molecule has 1 atom stereocenters. The van der Waals surface area contributed by atoms with Crippen molar-refractivity contribution in [3.8, 4) is 5.75 Å². The standard InChI is InChI=1S/C27H34N4O5/c1-19-13-20(2)15-22(14-19)29-25(32)18-36-24-5-3-23(4-6-24)31-17-21(16-26(31)33)27(34)28-7-8-30-9-11-35-12-10-30/h3-6,13-15,21H,7-12,16-18H2,1-2H3,(H,28,34)(H,29,32)/t21-/m0/s1. The lowest BCUT2D eigenvalue weighted by Crippen LogP contribution is -2.42. The lowest BCUT2D eigenvalue weighted by atomic mass is 10.1. The van der Waals surface area contributed by atoms with Gasteiger partial charge in [0, 0.05) is 50.5 Å². The van der Waals surface area contributed by atoms with Crippen molar-refractivity contribution in [1.29, 1.82) is 0 Å². The minimum absolute atomic E-state index is 0.0789.